The summed E-state index contributed by atoms with van der Waals surface area (Å²) in [6, 6.07) is 7.85. The van der Waals surface area contributed by atoms with Crippen LogP contribution in [0.4, 0.5) is 0 Å². The lowest BCUT2D eigenvalue weighted by Gasteiger charge is -1.93. The van der Waals surface area contributed by atoms with E-state index in [2.05, 4.69) is 15.3 Å². The van der Waals surface area contributed by atoms with Gasteiger partial charge in [0.05, 0.1) is 11.0 Å². The van der Waals surface area contributed by atoms with Crippen molar-refractivity contribution in [3.8, 4) is 0 Å². The summed E-state index contributed by atoms with van der Waals surface area (Å²) in [6.07, 6.45) is 3.72. The third-order valence-corrected chi connectivity index (χ3v) is 2.15. The first-order chi connectivity index (χ1) is 7.75. The number of hydrogen-bond donors (Lipinski definition) is 2. The molecular formula is C12H13N3O. The Morgan fingerprint density at radius 1 is 1.50 bits per heavy atom. The third-order valence-electron chi connectivity index (χ3n) is 2.15. The molecule has 0 bridgehead atoms. The predicted molar refractivity (Wildman–Crippen MR) is 63.8 cm³/mol. The van der Waals surface area contributed by atoms with Crippen LogP contribution in [0.2, 0.25) is 0 Å². The fraction of sp³-hybridized carbons (Fsp3) is 0.167. The summed E-state index contributed by atoms with van der Waals surface area (Å²) in [5.74, 6) is 0.765. The van der Waals surface area contributed by atoms with Gasteiger partial charge in [-0.25, -0.2) is 4.98 Å². The van der Waals surface area contributed by atoms with Crippen molar-refractivity contribution in [1.29, 1.82) is 0 Å². The van der Waals surface area contributed by atoms with Crippen LogP contribution in [-0.2, 0) is 4.79 Å². The van der Waals surface area contributed by atoms with Crippen LogP contribution < -0.4 is 5.32 Å². The maximum atomic E-state index is 10.6. The molecule has 2 rings (SSSR count). The van der Waals surface area contributed by atoms with Gasteiger partial charge in [0.15, 0.2) is 0 Å². The first-order valence-corrected chi connectivity index (χ1v) is 5.11. The molecule has 1 aromatic carbocycles. The predicted octanol–water partition coefficient (Wildman–Crippen LogP) is 1.71. The van der Waals surface area contributed by atoms with Gasteiger partial charge in [0.1, 0.15) is 5.82 Å². The second-order valence-electron chi connectivity index (χ2n) is 3.48. The summed E-state index contributed by atoms with van der Waals surface area (Å²) in [5.41, 5.74) is 1.96. The maximum absolute atomic E-state index is 10.6. The number of rotatable bonds is 3. The van der Waals surface area contributed by atoms with E-state index in [1.54, 1.807) is 0 Å². The molecule has 1 heterocycles. The molecule has 0 fully saturated rings. The average molecular weight is 215 g/mol. The highest BCUT2D eigenvalue weighted by Gasteiger charge is 1.97. The normalized spacial score (nSPS) is 11.1. The van der Waals surface area contributed by atoms with E-state index < -0.39 is 0 Å². The Bertz CT molecular complexity index is 495. The number of aromatic nitrogens is 2. The van der Waals surface area contributed by atoms with Crippen LogP contribution in [0.5, 0.6) is 0 Å². The topological polar surface area (TPSA) is 57.8 Å². The van der Waals surface area contributed by atoms with Crippen molar-refractivity contribution in [3.63, 3.8) is 0 Å². The van der Waals surface area contributed by atoms with Gasteiger partial charge < -0.3 is 10.3 Å². The lowest BCUT2D eigenvalue weighted by atomic mass is 10.3. The molecular weight excluding hydrogens is 202 g/mol. The highest BCUT2D eigenvalue weighted by atomic mass is 16.1. The largest absolute Gasteiger partial charge is 0.353 e. The summed E-state index contributed by atoms with van der Waals surface area (Å²) in [6.45, 7) is 2.02. The van der Waals surface area contributed by atoms with Crippen molar-refractivity contribution in [2.45, 2.75) is 6.92 Å². The minimum atomic E-state index is -0.0331. The summed E-state index contributed by atoms with van der Waals surface area (Å²) in [5, 5.41) is 2.68. The van der Waals surface area contributed by atoms with Gasteiger partial charge in [0, 0.05) is 13.5 Å². The number of carbonyl (C=O) groups is 1. The molecule has 0 aliphatic carbocycles. The Balaban J connectivity index is 2.06. The van der Waals surface area contributed by atoms with Gasteiger partial charge in [0.25, 0.3) is 0 Å². The van der Waals surface area contributed by atoms with Gasteiger partial charge in [0.2, 0.25) is 5.91 Å². The molecule has 2 aromatic rings. The minimum absolute atomic E-state index is 0.0331. The van der Waals surface area contributed by atoms with Crippen molar-refractivity contribution in [2.24, 2.45) is 0 Å². The molecule has 0 saturated heterocycles. The van der Waals surface area contributed by atoms with Crippen molar-refractivity contribution in [2.75, 3.05) is 6.54 Å². The Kier molecular flexibility index (Phi) is 3.00. The first-order valence-electron chi connectivity index (χ1n) is 5.11. The number of amides is 1. The Hall–Kier alpha value is -2.10. The van der Waals surface area contributed by atoms with E-state index in [1.807, 2.05) is 36.4 Å². The quantitative estimate of drug-likeness (QED) is 0.818. The number of nitrogens with zero attached hydrogens (tertiary/aromatic N) is 1. The van der Waals surface area contributed by atoms with Crippen molar-refractivity contribution in [1.82, 2.24) is 15.3 Å². The number of fused-ring (bicyclic) bond motifs is 1. The smallest absolute Gasteiger partial charge is 0.217 e. The van der Waals surface area contributed by atoms with Gasteiger partial charge in [-0.3, -0.25) is 4.79 Å². The third kappa shape index (κ3) is 2.48. The zero-order valence-electron chi connectivity index (χ0n) is 9.03. The van der Waals surface area contributed by atoms with Crippen LogP contribution in [0, 0.1) is 0 Å². The van der Waals surface area contributed by atoms with Crippen molar-refractivity contribution < 1.29 is 4.79 Å². The number of carbonyl (C=O) groups excluding carboxylic acids is 1. The zero-order chi connectivity index (χ0) is 11.4. The molecule has 16 heavy (non-hydrogen) atoms. The van der Waals surface area contributed by atoms with E-state index in [-0.39, 0.29) is 5.91 Å². The van der Waals surface area contributed by atoms with Gasteiger partial charge in [-0.15, -0.1) is 0 Å². The van der Waals surface area contributed by atoms with E-state index in [4.69, 9.17) is 0 Å². The molecule has 1 amide bonds. The lowest BCUT2D eigenvalue weighted by Crippen LogP contribution is -2.19. The highest BCUT2D eigenvalue weighted by Crippen LogP contribution is 2.10. The van der Waals surface area contributed by atoms with Crippen molar-refractivity contribution in [3.05, 3.63) is 36.2 Å². The van der Waals surface area contributed by atoms with E-state index >= 15 is 0 Å². The van der Waals surface area contributed by atoms with Crippen LogP contribution in [0.15, 0.2) is 30.3 Å². The molecule has 0 aliphatic heterocycles. The molecule has 0 aliphatic rings. The zero-order valence-corrected chi connectivity index (χ0v) is 9.03. The number of para-hydroxylation sites is 2. The number of nitrogens with one attached hydrogen (secondary N) is 2. The fourth-order valence-corrected chi connectivity index (χ4v) is 1.42. The fourth-order valence-electron chi connectivity index (χ4n) is 1.42. The Morgan fingerprint density at radius 2 is 2.31 bits per heavy atom. The number of H-pyrrole nitrogens is 1. The standard InChI is InChI=1S/C12H13N3O/c1-9(16)13-8-4-7-12-14-10-5-2-3-6-11(10)15-12/h2-7H,8H2,1H3,(H,13,16)(H,14,15). The monoisotopic (exact) mass is 215 g/mol. The molecule has 1 aromatic heterocycles. The molecule has 2 N–H and O–H groups in total. The molecule has 4 nitrogen and oxygen atoms in total. The first kappa shape index (κ1) is 10.4. The van der Waals surface area contributed by atoms with Crippen LogP contribution in [0.1, 0.15) is 12.7 Å². The molecule has 0 saturated carbocycles. The molecule has 82 valence electrons. The number of imidazole rings is 1. The number of aromatic amines is 1. The van der Waals surface area contributed by atoms with Gasteiger partial charge >= 0.3 is 0 Å². The van der Waals surface area contributed by atoms with Crippen LogP contribution >= 0.6 is 0 Å². The van der Waals surface area contributed by atoms with E-state index in [0.717, 1.165) is 16.9 Å². The van der Waals surface area contributed by atoms with Gasteiger partial charge in [-0.1, -0.05) is 18.2 Å². The molecule has 0 atom stereocenters. The number of benzene rings is 1. The Labute approximate surface area is 93.4 Å². The average Bonchev–Trinajstić information content (AvgIpc) is 2.66. The Morgan fingerprint density at radius 3 is 3.06 bits per heavy atom. The lowest BCUT2D eigenvalue weighted by molar-refractivity contribution is -0.118. The molecule has 0 unspecified atom stereocenters. The van der Waals surface area contributed by atoms with Crippen LogP contribution in [0.3, 0.4) is 0 Å². The summed E-state index contributed by atoms with van der Waals surface area (Å²) >= 11 is 0. The summed E-state index contributed by atoms with van der Waals surface area (Å²) in [4.78, 5) is 18.2. The van der Waals surface area contributed by atoms with Crippen LogP contribution in [0.25, 0.3) is 17.1 Å². The second kappa shape index (κ2) is 4.61. The molecule has 4 heteroatoms. The molecule has 0 spiro atoms. The van der Waals surface area contributed by atoms with E-state index in [9.17, 15) is 4.79 Å². The van der Waals surface area contributed by atoms with Crippen molar-refractivity contribution >= 4 is 23.0 Å². The second-order valence-corrected chi connectivity index (χ2v) is 3.48. The SMILES string of the molecule is CC(=O)NCC=Cc1nc2ccccc2[nH]1. The van der Waals surface area contributed by atoms with Gasteiger partial charge in [-0.2, -0.15) is 0 Å². The van der Waals surface area contributed by atoms with E-state index in [0.29, 0.717) is 6.54 Å². The summed E-state index contributed by atoms with van der Waals surface area (Å²) in [7, 11) is 0. The maximum Gasteiger partial charge on any atom is 0.217 e. The summed E-state index contributed by atoms with van der Waals surface area (Å²) < 4.78 is 0. The highest BCUT2D eigenvalue weighted by molar-refractivity contribution is 5.76. The number of hydrogen-bond acceptors (Lipinski definition) is 2. The van der Waals surface area contributed by atoms with E-state index in [1.165, 1.54) is 6.92 Å². The molecule has 0 radical (unpaired) electrons. The van der Waals surface area contributed by atoms with Crippen LogP contribution in [-0.4, -0.2) is 22.4 Å². The minimum Gasteiger partial charge on any atom is -0.353 e. The van der Waals surface area contributed by atoms with Gasteiger partial charge in [-0.05, 0) is 18.2 Å².